The lowest BCUT2D eigenvalue weighted by Gasteiger charge is -2.28. The number of likely N-dealkylation sites (N-methyl/N-ethyl adjacent to an activating group) is 1. The summed E-state index contributed by atoms with van der Waals surface area (Å²) >= 11 is 7.65. The third-order valence-electron chi connectivity index (χ3n) is 5.68. The highest BCUT2D eigenvalue weighted by Gasteiger charge is 2.29. The van der Waals surface area contributed by atoms with Crippen molar-refractivity contribution in [3.05, 3.63) is 63.7 Å². The third-order valence-corrected chi connectivity index (χ3v) is 7.94. The van der Waals surface area contributed by atoms with Crippen LogP contribution in [0.4, 0.5) is 15.9 Å². The van der Waals surface area contributed by atoms with Gasteiger partial charge in [0.05, 0.1) is 23.3 Å². The number of benzene rings is 2. The summed E-state index contributed by atoms with van der Waals surface area (Å²) in [5.41, 5.74) is 3.09. The van der Waals surface area contributed by atoms with Crippen molar-refractivity contribution in [3.8, 4) is 5.75 Å². The molecule has 1 N–H and O–H groups in total. The number of sulfonamides is 1. The maximum absolute atomic E-state index is 14.9. The first-order valence-electron chi connectivity index (χ1n) is 10.2. The lowest BCUT2D eigenvalue weighted by Crippen LogP contribution is -2.34. The number of methoxy groups -OCH3 is 1. The van der Waals surface area contributed by atoms with Gasteiger partial charge in [0, 0.05) is 44.2 Å². The average molecular weight is 511 g/mol. The van der Waals surface area contributed by atoms with Crippen molar-refractivity contribution in [1.82, 2.24) is 9.88 Å². The Balaban J connectivity index is 1.47. The fourth-order valence-corrected chi connectivity index (χ4v) is 5.95. The number of ether oxygens (including phenoxy) is 1. The lowest BCUT2D eigenvalue weighted by molar-refractivity contribution is 0.325. The Bertz CT molecular complexity index is 1220. The smallest absolute Gasteiger partial charge is 0.266 e. The Morgan fingerprint density at radius 2 is 2.18 bits per heavy atom. The fraction of sp³-hybridized carbons (Fsp3) is 0.318. The lowest BCUT2D eigenvalue weighted by atomic mass is 10.2. The zero-order valence-corrected chi connectivity index (χ0v) is 20.6. The van der Waals surface area contributed by atoms with Crippen LogP contribution in [-0.2, 0) is 16.6 Å². The topological polar surface area (TPSA) is 74.8 Å². The summed E-state index contributed by atoms with van der Waals surface area (Å²) in [4.78, 5) is 7.60. The van der Waals surface area contributed by atoms with Crippen molar-refractivity contribution in [1.29, 1.82) is 0 Å². The number of halogens is 2. The number of hydrogen-bond acceptors (Lipinski definition) is 7. The predicted molar refractivity (Wildman–Crippen MR) is 129 cm³/mol. The highest BCUT2D eigenvalue weighted by atomic mass is 35.5. The molecule has 11 heteroatoms. The van der Waals surface area contributed by atoms with E-state index in [1.807, 2.05) is 30.1 Å². The number of thiazole rings is 1. The summed E-state index contributed by atoms with van der Waals surface area (Å²) in [6.07, 6.45) is 0.879. The van der Waals surface area contributed by atoms with Gasteiger partial charge < -0.3 is 9.64 Å². The van der Waals surface area contributed by atoms with Gasteiger partial charge in [0.15, 0.2) is 5.82 Å². The van der Waals surface area contributed by atoms with Gasteiger partial charge >= 0.3 is 0 Å². The van der Waals surface area contributed by atoms with E-state index >= 15 is 0 Å². The van der Waals surface area contributed by atoms with E-state index in [1.54, 1.807) is 7.11 Å². The number of aromatic nitrogens is 1. The minimum absolute atomic E-state index is 0.114. The average Bonchev–Trinajstić information content (AvgIpc) is 3.46. The van der Waals surface area contributed by atoms with Crippen LogP contribution >= 0.6 is 22.9 Å². The van der Waals surface area contributed by atoms with Gasteiger partial charge in [-0.15, -0.1) is 11.3 Å². The van der Waals surface area contributed by atoms with Gasteiger partial charge in [-0.3, -0.25) is 9.62 Å². The maximum atomic E-state index is 14.9. The van der Waals surface area contributed by atoms with Crippen LogP contribution in [-0.4, -0.2) is 51.6 Å². The van der Waals surface area contributed by atoms with Crippen LogP contribution in [0.15, 0.2) is 52.2 Å². The van der Waals surface area contributed by atoms with Crippen LogP contribution in [0.5, 0.6) is 5.75 Å². The second-order valence-electron chi connectivity index (χ2n) is 7.85. The number of nitrogens with zero attached hydrogens (tertiary/aromatic N) is 3. The number of hydrogen-bond donors (Lipinski definition) is 1. The quantitative estimate of drug-likeness (QED) is 0.482. The van der Waals surface area contributed by atoms with Crippen molar-refractivity contribution in [2.45, 2.75) is 23.9 Å². The second-order valence-corrected chi connectivity index (χ2v) is 10.6. The predicted octanol–water partition coefficient (Wildman–Crippen LogP) is 4.46. The number of nitrogens with one attached hydrogen (secondary N) is 1. The van der Waals surface area contributed by atoms with Crippen molar-refractivity contribution in [2.75, 3.05) is 36.9 Å². The molecule has 176 valence electrons. The van der Waals surface area contributed by atoms with E-state index in [2.05, 4.69) is 20.7 Å². The molecule has 0 aliphatic carbocycles. The summed E-state index contributed by atoms with van der Waals surface area (Å²) in [7, 11) is -0.653. The molecular weight excluding hydrogens is 487 g/mol. The van der Waals surface area contributed by atoms with Gasteiger partial charge in [0.2, 0.25) is 0 Å². The molecule has 0 radical (unpaired) electrons. The molecule has 2 heterocycles. The number of anilines is 2. The Hall–Kier alpha value is -2.40. The molecule has 1 fully saturated rings. The molecule has 4 rings (SSSR count). The van der Waals surface area contributed by atoms with E-state index in [0.717, 1.165) is 43.4 Å². The number of likely N-dealkylation sites (tertiary alicyclic amines) is 1. The first kappa shape index (κ1) is 23.7. The molecule has 0 amide bonds. The Labute approximate surface area is 201 Å². The molecule has 1 saturated heterocycles. The van der Waals surface area contributed by atoms with Crippen LogP contribution in [0.25, 0.3) is 0 Å². The number of rotatable bonds is 8. The molecule has 3 aromatic rings. The Morgan fingerprint density at radius 1 is 1.36 bits per heavy atom. The van der Waals surface area contributed by atoms with Gasteiger partial charge in [-0.2, -0.15) is 0 Å². The van der Waals surface area contributed by atoms with Gasteiger partial charge in [-0.05, 0) is 30.2 Å². The van der Waals surface area contributed by atoms with E-state index in [9.17, 15) is 12.8 Å². The molecule has 33 heavy (non-hydrogen) atoms. The second kappa shape index (κ2) is 9.84. The molecule has 0 spiro atoms. The van der Waals surface area contributed by atoms with Gasteiger partial charge in [0.1, 0.15) is 16.5 Å². The first-order chi connectivity index (χ1) is 15.8. The molecule has 1 aliphatic heterocycles. The van der Waals surface area contributed by atoms with Crippen LogP contribution in [0.1, 0.15) is 12.0 Å². The van der Waals surface area contributed by atoms with Crippen molar-refractivity contribution >= 4 is 44.5 Å². The SMILES string of the molecule is COc1cccc(CN2CC[C@H](N(C)c3cc(F)c(S(=O)(=O)Nc4cscn4)cc3Cl)C2)c1. The molecule has 1 aliphatic rings. The van der Waals surface area contributed by atoms with Crippen molar-refractivity contribution < 1.29 is 17.5 Å². The zero-order chi connectivity index (χ0) is 23.6. The van der Waals surface area contributed by atoms with Crippen LogP contribution in [0.2, 0.25) is 5.02 Å². The van der Waals surface area contributed by atoms with Crippen LogP contribution in [0.3, 0.4) is 0 Å². The zero-order valence-electron chi connectivity index (χ0n) is 18.2. The molecule has 1 atom stereocenters. The Kier molecular flexibility index (Phi) is 7.08. The van der Waals surface area contributed by atoms with E-state index in [0.29, 0.717) is 5.69 Å². The summed E-state index contributed by atoms with van der Waals surface area (Å²) in [5, 5.41) is 1.69. The van der Waals surface area contributed by atoms with E-state index < -0.39 is 20.7 Å². The standard InChI is InChI=1S/C22H24ClFN4O3S2/c1-27(16-6-7-28(12-16)11-15-4-3-5-17(8-15)31-2)20-10-19(24)21(9-18(20)23)33(29,30)26-22-13-32-14-25-22/h3-5,8-10,13-14,16,26H,6-7,11-12H2,1-2H3/t16-/m0/s1. The molecule has 2 aromatic carbocycles. The third kappa shape index (κ3) is 5.40. The summed E-state index contributed by atoms with van der Waals surface area (Å²) in [6, 6.07) is 10.4. The maximum Gasteiger partial charge on any atom is 0.266 e. The molecule has 7 nitrogen and oxygen atoms in total. The van der Waals surface area contributed by atoms with Crippen molar-refractivity contribution in [3.63, 3.8) is 0 Å². The summed E-state index contributed by atoms with van der Waals surface area (Å²) in [5.74, 6) is 0.0935. The molecule has 0 unspecified atom stereocenters. The van der Waals surface area contributed by atoms with Crippen LogP contribution in [0, 0.1) is 5.82 Å². The fourth-order valence-electron chi connectivity index (χ4n) is 3.95. The molecule has 1 aromatic heterocycles. The van der Waals surface area contributed by atoms with Gasteiger partial charge in [0.25, 0.3) is 10.0 Å². The Morgan fingerprint density at radius 3 is 2.91 bits per heavy atom. The van der Waals surface area contributed by atoms with E-state index in [-0.39, 0.29) is 16.9 Å². The van der Waals surface area contributed by atoms with E-state index in [1.165, 1.54) is 28.3 Å². The first-order valence-corrected chi connectivity index (χ1v) is 13.1. The summed E-state index contributed by atoms with van der Waals surface area (Å²) < 4.78 is 47.7. The van der Waals surface area contributed by atoms with Crippen molar-refractivity contribution in [2.24, 2.45) is 0 Å². The van der Waals surface area contributed by atoms with Crippen LogP contribution < -0.4 is 14.4 Å². The normalized spacial score (nSPS) is 16.7. The minimum atomic E-state index is -4.15. The van der Waals surface area contributed by atoms with Gasteiger partial charge in [-0.1, -0.05) is 23.7 Å². The van der Waals surface area contributed by atoms with Gasteiger partial charge in [-0.25, -0.2) is 17.8 Å². The highest BCUT2D eigenvalue weighted by molar-refractivity contribution is 7.92. The molecule has 0 saturated carbocycles. The highest BCUT2D eigenvalue weighted by Crippen LogP contribution is 2.33. The largest absolute Gasteiger partial charge is 0.497 e. The molecular formula is C22H24ClFN4O3S2. The molecule has 0 bridgehead atoms. The summed E-state index contributed by atoms with van der Waals surface area (Å²) in [6.45, 7) is 2.44. The monoisotopic (exact) mass is 510 g/mol. The minimum Gasteiger partial charge on any atom is -0.497 e. The van der Waals surface area contributed by atoms with E-state index in [4.69, 9.17) is 16.3 Å².